The molecule has 1 amide bonds. The van der Waals surface area contributed by atoms with Crippen LogP contribution in [0.2, 0.25) is 0 Å². The molecule has 3 aromatic heterocycles. The van der Waals surface area contributed by atoms with Gasteiger partial charge in [0.05, 0.1) is 29.3 Å². The van der Waals surface area contributed by atoms with Gasteiger partial charge in [-0.1, -0.05) is 80.4 Å². The zero-order chi connectivity index (χ0) is 31.0. The number of hydrogen-bond acceptors (Lipinski definition) is 5. The van der Waals surface area contributed by atoms with Crippen LogP contribution in [0.15, 0.2) is 155 Å². The van der Waals surface area contributed by atoms with Crippen LogP contribution in [0, 0.1) is 0 Å². The monoisotopic (exact) mass is 716 g/mol. The maximum atomic E-state index is 12.3. The Morgan fingerprint density at radius 1 is 0.644 bits per heavy atom. The summed E-state index contributed by atoms with van der Waals surface area (Å²) in [5.41, 5.74) is 7.06. The number of carbonyl (C=O) groups is 1. The first kappa shape index (κ1) is 29.9. The van der Waals surface area contributed by atoms with Crippen LogP contribution in [0.5, 0.6) is 0 Å². The number of pyridine rings is 2. The maximum absolute atomic E-state index is 12.3. The Hall–Kier alpha value is -5.12. The van der Waals surface area contributed by atoms with Crippen molar-refractivity contribution in [3.8, 4) is 17.1 Å². The largest absolute Gasteiger partial charge is 0.354 e. The molecule has 0 radical (unpaired) electrons. The molecule has 0 fully saturated rings. The Balaban J connectivity index is 0.000000159. The van der Waals surface area contributed by atoms with Gasteiger partial charge in [-0.05, 0) is 72.8 Å². The molecule has 0 aliphatic rings. The van der Waals surface area contributed by atoms with Crippen LogP contribution >= 0.6 is 31.9 Å². The van der Waals surface area contributed by atoms with Gasteiger partial charge in [0, 0.05) is 43.8 Å². The van der Waals surface area contributed by atoms with Crippen LogP contribution < -0.4 is 10.6 Å². The van der Waals surface area contributed by atoms with Crippen molar-refractivity contribution < 1.29 is 4.79 Å². The van der Waals surface area contributed by atoms with Crippen molar-refractivity contribution in [2.75, 3.05) is 10.6 Å². The molecular weight excluding hydrogens is 692 g/mol. The molecule has 45 heavy (non-hydrogen) atoms. The molecule has 0 spiro atoms. The van der Waals surface area contributed by atoms with Crippen molar-refractivity contribution >= 4 is 65.9 Å². The summed E-state index contributed by atoms with van der Waals surface area (Å²) < 4.78 is 4.16. The molecule has 7 rings (SSSR count). The van der Waals surface area contributed by atoms with E-state index in [4.69, 9.17) is 4.98 Å². The minimum Gasteiger partial charge on any atom is -0.354 e. The van der Waals surface area contributed by atoms with Gasteiger partial charge in [0.25, 0.3) is 5.91 Å². The lowest BCUT2D eigenvalue weighted by molar-refractivity contribution is 0.102. The lowest BCUT2D eigenvalue weighted by atomic mass is 10.2. The number of halogens is 2. The Morgan fingerprint density at radius 2 is 1.27 bits per heavy atom. The van der Waals surface area contributed by atoms with Gasteiger partial charge >= 0.3 is 0 Å². The third-order valence-electron chi connectivity index (χ3n) is 6.80. The average molecular weight is 718 g/mol. The van der Waals surface area contributed by atoms with E-state index < -0.39 is 0 Å². The number of rotatable bonds is 6. The first-order chi connectivity index (χ1) is 22.0. The molecule has 0 bridgehead atoms. The predicted molar refractivity (Wildman–Crippen MR) is 188 cm³/mol. The number of carbonyl (C=O) groups excluding carboxylic acids is 1. The summed E-state index contributed by atoms with van der Waals surface area (Å²) in [4.78, 5) is 25.4. The zero-order valence-corrected chi connectivity index (χ0v) is 27.0. The SMILES string of the molecule is Brc1ccc(-c2nc3cnccc3n2-c2ccccc2)cc1.O=C(Nc1cnccc1Nc1ccccc1)c1ccc(Br)cc1. The van der Waals surface area contributed by atoms with E-state index in [1.807, 2.05) is 84.9 Å². The van der Waals surface area contributed by atoms with Crippen LogP contribution in [-0.2, 0) is 0 Å². The van der Waals surface area contributed by atoms with Gasteiger partial charge < -0.3 is 10.6 Å². The predicted octanol–water partition coefficient (Wildman–Crippen LogP) is 9.69. The first-order valence-electron chi connectivity index (χ1n) is 14.0. The average Bonchev–Trinajstić information content (AvgIpc) is 3.47. The van der Waals surface area contributed by atoms with Crippen LogP contribution in [0.25, 0.3) is 28.1 Å². The summed E-state index contributed by atoms with van der Waals surface area (Å²) in [5.74, 6) is 0.739. The number of anilines is 3. The van der Waals surface area contributed by atoms with Crippen LogP contribution in [-0.4, -0.2) is 25.4 Å². The van der Waals surface area contributed by atoms with Gasteiger partial charge in [-0.3, -0.25) is 19.3 Å². The second-order valence-corrected chi connectivity index (χ2v) is 11.7. The molecule has 0 aliphatic carbocycles. The number of imidazole rings is 1. The highest BCUT2D eigenvalue weighted by Gasteiger charge is 2.14. The third kappa shape index (κ3) is 7.34. The van der Waals surface area contributed by atoms with E-state index in [2.05, 4.69) is 81.3 Å². The molecule has 2 N–H and O–H groups in total. The van der Waals surface area contributed by atoms with E-state index in [0.717, 1.165) is 48.4 Å². The fourth-order valence-corrected chi connectivity index (χ4v) is 5.17. The number of benzene rings is 4. The van der Waals surface area contributed by atoms with Crippen molar-refractivity contribution in [1.82, 2.24) is 19.5 Å². The van der Waals surface area contributed by atoms with Gasteiger partial charge in [-0.2, -0.15) is 0 Å². The molecule has 0 aliphatic heterocycles. The Kier molecular flexibility index (Phi) is 9.38. The number of fused-ring (bicyclic) bond motifs is 1. The van der Waals surface area contributed by atoms with Crippen LogP contribution in [0.3, 0.4) is 0 Å². The van der Waals surface area contributed by atoms with Gasteiger partial charge in [-0.15, -0.1) is 0 Å². The number of nitrogens with zero attached hydrogens (tertiary/aromatic N) is 4. The molecule has 4 aromatic carbocycles. The van der Waals surface area contributed by atoms with Crippen molar-refractivity contribution in [2.45, 2.75) is 0 Å². The number of aromatic nitrogens is 4. The fourth-order valence-electron chi connectivity index (χ4n) is 4.64. The second kappa shape index (κ2) is 14.1. The summed E-state index contributed by atoms with van der Waals surface area (Å²) in [5, 5.41) is 6.16. The Bertz CT molecular complexity index is 2030. The van der Waals surface area contributed by atoms with E-state index in [1.54, 1.807) is 36.9 Å². The van der Waals surface area contributed by atoms with Crippen LogP contribution in [0.1, 0.15) is 10.4 Å². The number of para-hydroxylation sites is 2. The third-order valence-corrected chi connectivity index (χ3v) is 7.86. The first-order valence-corrected chi connectivity index (χ1v) is 15.6. The minimum atomic E-state index is -0.179. The lowest BCUT2D eigenvalue weighted by Crippen LogP contribution is -2.13. The number of hydrogen-bond donors (Lipinski definition) is 2. The molecule has 0 saturated heterocycles. The summed E-state index contributed by atoms with van der Waals surface area (Å²) in [6.07, 6.45) is 6.91. The van der Waals surface area contributed by atoms with Crippen LogP contribution in [0.4, 0.5) is 17.1 Å². The van der Waals surface area contributed by atoms with Crippen molar-refractivity contribution in [3.63, 3.8) is 0 Å². The van der Waals surface area contributed by atoms with E-state index in [0.29, 0.717) is 11.3 Å². The Labute approximate surface area is 277 Å². The second-order valence-electron chi connectivity index (χ2n) is 9.85. The van der Waals surface area contributed by atoms with Crippen molar-refractivity contribution in [3.05, 3.63) is 161 Å². The molecule has 3 heterocycles. The Morgan fingerprint density at radius 3 is 1.98 bits per heavy atom. The van der Waals surface area contributed by atoms with E-state index >= 15 is 0 Å². The molecular formula is C36H26Br2N6O. The quantitative estimate of drug-likeness (QED) is 0.179. The highest BCUT2D eigenvalue weighted by molar-refractivity contribution is 9.10. The zero-order valence-electron chi connectivity index (χ0n) is 23.8. The van der Waals surface area contributed by atoms with Gasteiger partial charge in [0.15, 0.2) is 0 Å². The highest BCUT2D eigenvalue weighted by atomic mass is 79.9. The van der Waals surface area contributed by atoms with Gasteiger partial charge in [0.2, 0.25) is 0 Å². The summed E-state index contributed by atoms with van der Waals surface area (Å²) in [6, 6.07) is 39.2. The molecule has 0 saturated carbocycles. The molecule has 7 nitrogen and oxygen atoms in total. The topological polar surface area (TPSA) is 84.7 Å². The van der Waals surface area contributed by atoms with Crippen molar-refractivity contribution in [2.24, 2.45) is 0 Å². The maximum Gasteiger partial charge on any atom is 0.255 e. The van der Waals surface area contributed by atoms with Crippen molar-refractivity contribution in [1.29, 1.82) is 0 Å². The van der Waals surface area contributed by atoms with Gasteiger partial charge in [0.1, 0.15) is 11.3 Å². The summed E-state index contributed by atoms with van der Waals surface area (Å²) in [7, 11) is 0. The number of amides is 1. The fraction of sp³-hybridized carbons (Fsp3) is 0. The molecule has 0 atom stereocenters. The van der Waals surface area contributed by atoms with E-state index in [1.165, 1.54) is 0 Å². The highest BCUT2D eigenvalue weighted by Crippen LogP contribution is 2.29. The smallest absolute Gasteiger partial charge is 0.255 e. The normalized spacial score (nSPS) is 10.5. The molecule has 9 heteroatoms. The lowest BCUT2D eigenvalue weighted by Gasteiger charge is -2.12. The summed E-state index contributed by atoms with van der Waals surface area (Å²) in [6.45, 7) is 0. The summed E-state index contributed by atoms with van der Waals surface area (Å²) >= 11 is 6.84. The molecule has 7 aromatic rings. The number of nitrogens with one attached hydrogen (secondary N) is 2. The van der Waals surface area contributed by atoms with E-state index in [9.17, 15) is 4.79 Å². The minimum absolute atomic E-state index is 0.179. The van der Waals surface area contributed by atoms with Gasteiger partial charge in [-0.25, -0.2) is 4.98 Å². The van der Waals surface area contributed by atoms with E-state index in [-0.39, 0.29) is 5.91 Å². The molecule has 0 unspecified atom stereocenters. The molecule has 220 valence electrons. The standard InChI is InChI=1S/C18H14BrN3O.C18H12BrN3/c19-14-8-6-13(7-9-14)18(23)22-17-12-20-11-10-16(17)21-15-4-2-1-3-5-15;19-14-8-6-13(7-9-14)18-21-16-12-20-11-10-17(16)22(18)15-4-2-1-3-5-15/h1-12H,(H,20,21)(H,22,23);1-12H.